The highest BCUT2D eigenvalue weighted by molar-refractivity contribution is 5.96. The predicted octanol–water partition coefficient (Wildman–Crippen LogP) is 4.24. The van der Waals surface area contributed by atoms with E-state index in [1.165, 1.54) is 12.1 Å². The van der Waals surface area contributed by atoms with Crippen molar-refractivity contribution in [1.29, 1.82) is 0 Å². The van der Waals surface area contributed by atoms with E-state index in [2.05, 4.69) is 0 Å². The van der Waals surface area contributed by atoms with Gasteiger partial charge >= 0.3 is 0 Å². The van der Waals surface area contributed by atoms with Crippen LogP contribution in [0.2, 0.25) is 0 Å². The van der Waals surface area contributed by atoms with Crippen molar-refractivity contribution < 1.29 is 9.13 Å². The Morgan fingerprint density at radius 1 is 0.950 bits per heavy atom. The number of anilines is 1. The highest BCUT2D eigenvalue weighted by Gasteiger charge is 2.12. The molecular formula is C17H14FNO. The van der Waals surface area contributed by atoms with Crippen molar-refractivity contribution in [2.75, 3.05) is 12.8 Å². The van der Waals surface area contributed by atoms with Crippen LogP contribution in [0, 0.1) is 5.82 Å². The summed E-state index contributed by atoms with van der Waals surface area (Å²) < 4.78 is 19.0. The number of hydrogen-bond acceptors (Lipinski definition) is 2. The van der Waals surface area contributed by atoms with Crippen molar-refractivity contribution in [2.24, 2.45) is 0 Å². The van der Waals surface area contributed by atoms with Gasteiger partial charge in [-0.2, -0.15) is 0 Å². The number of benzene rings is 3. The van der Waals surface area contributed by atoms with Gasteiger partial charge in [-0.15, -0.1) is 0 Å². The maximum atomic E-state index is 13.5. The summed E-state index contributed by atoms with van der Waals surface area (Å²) in [5, 5.41) is 1.68. The zero-order chi connectivity index (χ0) is 14.1. The minimum Gasteiger partial charge on any atom is -0.495 e. The third-order valence-corrected chi connectivity index (χ3v) is 3.39. The molecule has 3 rings (SSSR count). The number of nitrogens with two attached hydrogens (primary N) is 1. The molecule has 0 saturated carbocycles. The Hall–Kier alpha value is -2.55. The molecule has 0 heterocycles. The number of para-hydroxylation sites is 1. The fourth-order valence-corrected chi connectivity index (χ4v) is 2.44. The molecule has 0 aliphatic heterocycles. The molecule has 0 fully saturated rings. The first-order valence-corrected chi connectivity index (χ1v) is 6.32. The number of methoxy groups -OCH3 is 1. The van der Waals surface area contributed by atoms with Gasteiger partial charge in [0.15, 0.2) is 0 Å². The van der Waals surface area contributed by atoms with Gasteiger partial charge < -0.3 is 10.5 Å². The molecule has 0 saturated heterocycles. The highest BCUT2D eigenvalue weighted by atomic mass is 19.1. The van der Waals surface area contributed by atoms with Crippen LogP contribution >= 0.6 is 0 Å². The van der Waals surface area contributed by atoms with Gasteiger partial charge in [0.1, 0.15) is 11.6 Å². The molecule has 0 unspecified atom stereocenters. The Bertz CT molecular complexity index is 783. The number of nitrogen functional groups attached to an aromatic ring is 1. The van der Waals surface area contributed by atoms with Crippen LogP contribution in [0.1, 0.15) is 0 Å². The zero-order valence-corrected chi connectivity index (χ0v) is 11.1. The summed E-state index contributed by atoms with van der Waals surface area (Å²) >= 11 is 0. The summed E-state index contributed by atoms with van der Waals surface area (Å²) in [5.74, 6) is 0.355. The van der Waals surface area contributed by atoms with Crippen LogP contribution in [0.4, 0.5) is 10.1 Å². The minimum absolute atomic E-state index is 0.283. The van der Waals surface area contributed by atoms with E-state index in [-0.39, 0.29) is 5.82 Å². The summed E-state index contributed by atoms with van der Waals surface area (Å²) in [6, 6.07) is 16.1. The topological polar surface area (TPSA) is 35.2 Å². The lowest BCUT2D eigenvalue weighted by Crippen LogP contribution is -1.94. The van der Waals surface area contributed by atoms with Crippen molar-refractivity contribution in [2.45, 2.75) is 0 Å². The van der Waals surface area contributed by atoms with E-state index in [4.69, 9.17) is 10.5 Å². The van der Waals surface area contributed by atoms with E-state index in [9.17, 15) is 4.39 Å². The van der Waals surface area contributed by atoms with Crippen molar-refractivity contribution >= 4 is 16.5 Å². The zero-order valence-electron chi connectivity index (χ0n) is 11.1. The largest absolute Gasteiger partial charge is 0.495 e. The van der Waals surface area contributed by atoms with Crippen LogP contribution in [-0.4, -0.2) is 7.11 Å². The highest BCUT2D eigenvalue weighted by Crippen LogP contribution is 2.39. The van der Waals surface area contributed by atoms with Crippen molar-refractivity contribution in [3.8, 4) is 16.9 Å². The molecule has 3 heteroatoms. The Labute approximate surface area is 116 Å². The second-order valence-corrected chi connectivity index (χ2v) is 4.60. The molecule has 0 amide bonds. The normalized spacial score (nSPS) is 10.7. The Balaban J connectivity index is 2.34. The van der Waals surface area contributed by atoms with Crippen LogP contribution < -0.4 is 10.5 Å². The third-order valence-electron chi connectivity index (χ3n) is 3.39. The number of ether oxygens (including phenoxy) is 1. The van der Waals surface area contributed by atoms with E-state index < -0.39 is 0 Å². The van der Waals surface area contributed by atoms with Crippen LogP contribution in [0.15, 0.2) is 54.6 Å². The molecule has 0 aromatic heterocycles. The third kappa shape index (κ3) is 1.97. The lowest BCUT2D eigenvalue weighted by molar-refractivity contribution is 0.421. The first-order chi connectivity index (χ1) is 9.70. The molecule has 3 aromatic rings. The first-order valence-electron chi connectivity index (χ1n) is 6.32. The van der Waals surface area contributed by atoms with Crippen molar-refractivity contribution in [3.05, 3.63) is 60.4 Å². The van der Waals surface area contributed by atoms with Crippen molar-refractivity contribution in [3.63, 3.8) is 0 Å². The summed E-state index contributed by atoms with van der Waals surface area (Å²) in [6.45, 7) is 0. The van der Waals surface area contributed by atoms with Gasteiger partial charge in [0.05, 0.1) is 7.11 Å². The van der Waals surface area contributed by atoms with Crippen molar-refractivity contribution in [1.82, 2.24) is 0 Å². The van der Waals surface area contributed by atoms with Gasteiger partial charge in [0.25, 0.3) is 0 Å². The van der Waals surface area contributed by atoms with Crippen LogP contribution in [0.3, 0.4) is 0 Å². The molecular weight excluding hydrogens is 253 g/mol. The molecule has 0 bridgehead atoms. The first kappa shape index (κ1) is 12.5. The van der Waals surface area contributed by atoms with Crippen LogP contribution in [-0.2, 0) is 0 Å². The van der Waals surface area contributed by atoms with Crippen LogP contribution in [0.25, 0.3) is 21.9 Å². The molecule has 3 aromatic carbocycles. The van der Waals surface area contributed by atoms with Crippen LogP contribution in [0.5, 0.6) is 5.75 Å². The van der Waals surface area contributed by atoms with E-state index in [1.54, 1.807) is 13.2 Å². The van der Waals surface area contributed by atoms with Gasteiger partial charge in [0.2, 0.25) is 0 Å². The maximum Gasteiger partial charge on any atom is 0.134 e. The van der Waals surface area contributed by atoms with E-state index >= 15 is 0 Å². The monoisotopic (exact) mass is 267 g/mol. The Morgan fingerprint density at radius 3 is 2.45 bits per heavy atom. The Kier molecular flexibility index (Phi) is 3.03. The minimum atomic E-state index is -0.283. The predicted molar refractivity (Wildman–Crippen MR) is 80.3 cm³/mol. The lowest BCUT2D eigenvalue weighted by Gasteiger charge is -2.13. The number of rotatable bonds is 2. The molecule has 0 radical (unpaired) electrons. The molecule has 20 heavy (non-hydrogen) atoms. The van der Waals surface area contributed by atoms with E-state index in [0.717, 1.165) is 21.9 Å². The summed E-state index contributed by atoms with van der Waals surface area (Å²) in [6.07, 6.45) is 0. The summed E-state index contributed by atoms with van der Waals surface area (Å²) in [4.78, 5) is 0. The number of fused-ring (bicyclic) bond motifs is 1. The summed E-state index contributed by atoms with van der Waals surface area (Å²) in [7, 11) is 1.59. The smallest absolute Gasteiger partial charge is 0.134 e. The molecule has 0 atom stereocenters. The van der Waals surface area contributed by atoms with Gasteiger partial charge in [0, 0.05) is 22.2 Å². The lowest BCUT2D eigenvalue weighted by atomic mass is 9.98. The van der Waals surface area contributed by atoms with E-state index in [1.807, 2.05) is 36.4 Å². The van der Waals surface area contributed by atoms with E-state index in [0.29, 0.717) is 11.4 Å². The maximum absolute atomic E-state index is 13.5. The second kappa shape index (κ2) is 4.85. The molecule has 2 N–H and O–H groups in total. The standard InChI is InChI=1S/C17H14FNO/c1-20-17-14(13-4-2-3-5-16(13)19)9-7-11-6-8-12(18)10-15(11)17/h2-10H,19H2,1H3. The van der Waals surface area contributed by atoms with Gasteiger partial charge in [-0.1, -0.05) is 30.3 Å². The fraction of sp³-hybridized carbons (Fsp3) is 0.0588. The average molecular weight is 267 g/mol. The number of hydrogen-bond donors (Lipinski definition) is 1. The molecule has 100 valence electrons. The molecule has 0 aliphatic rings. The average Bonchev–Trinajstić information content (AvgIpc) is 2.46. The van der Waals surface area contributed by atoms with Gasteiger partial charge in [-0.05, 0) is 29.7 Å². The SMILES string of the molecule is COc1c(-c2ccccc2N)ccc2ccc(F)cc12. The fourth-order valence-electron chi connectivity index (χ4n) is 2.44. The quantitative estimate of drug-likeness (QED) is 0.705. The number of halogens is 1. The van der Waals surface area contributed by atoms with Gasteiger partial charge in [-0.3, -0.25) is 0 Å². The molecule has 2 nitrogen and oxygen atoms in total. The summed E-state index contributed by atoms with van der Waals surface area (Å²) in [5.41, 5.74) is 8.44. The molecule has 0 aliphatic carbocycles. The Morgan fingerprint density at radius 2 is 1.70 bits per heavy atom. The second-order valence-electron chi connectivity index (χ2n) is 4.60. The van der Waals surface area contributed by atoms with Gasteiger partial charge in [-0.25, -0.2) is 4.39 Å². The molecule has 0 spiro atoms.